The number of aliphatic hydroxyl groups is 3. The fraction of sp³-hybridized carbons (Fsp3) is 0.824. The molecule has 0 rings (SSSR count). The lowest BCUT2D eigenvalue weighted by atomic mass is 10.2. The lowest BCUT2D eigenvalue weighted by Gasteiger charge is -2.23. The quantitative estimate of drug-likeness (QED) is 0.164. The van der Waals surface area contributed by atoms with E-state index in [-0.39, 0.29) is 39.5 Å². The first-order valence-electron chi connectivity index (χ1n) is 14.1. The van der Waals surface area contributed by atoms with Crippen LogP contribution in [0, 0.1) is 11.8 Å². The molecule has 6 nitrogen and oxygen atoms in total. The summed E-state index contributed by atoms with van der Waals surface area (Å²) in [5, 5.41) is 23.6. The minimum Gasteiger partial charge on any atom is -0.394 e. The van der Waals surface area contributed by atoms with Gasteiger partial charge in [-0.1, -0.05) is 11.1 Å². The molecule has 0 aliphatic rings. The summed E-state index contributed by atoms with van der Waals surface area (Å²) in [4.78, 5) is 0. The van der Waals surface area contributed by atoms with Gasteiger partial charge in [0.15, 0.2) is 0 Å². The number of rotatable bonds is 6. The third-order valence-corrected chi connectivity index (χ3v) is 1.88. The average molecular weight is 583 g/mol. The highest BCUT2D eigenvalue weighted by atomic mass is 16.5. The number of hydrogen-bond acceptors (Lipinski definition) is 6. The molecule has 0 aliphatic heterocycles. The van der Waals surface area contributed by atoms with Gasteiger partial charge in [-0.15, -0.1) is 13.2 Å². The summed E-state index contributed by atoms with van der Waals surface area (Å²) in [6.07, 6.45) is 0. The second-order valence-electron chi connectivity index (χ2n) is 13.5. The first-order chi connectivity index (χ1) is 17.6. The summed E-state index contributed by atoms with van der Waals surface area (Å²) in [5.41, 5.74) is 2.12. The zero-order valence-electron chi connectivity index (χ0n) is 32.7. The maximum atomic E-state index is 8.30. The Bertz CT molecular complexity index is 440. The van der Waals surface area contributed by atoms with Gasteiger partial charge in [-0.2, -0.15) is 0 Å². The lowest BCUT2D eigenvalue weighted by molar-refractivity contribution is -0.0719. The molecule has 0 bridgehead atoms. The van der Waals surface area contributed by atoms with Crippen molar-refractivity contribution in [2.75, 3.05) is 39.6 Å². The molecule has 0 saturated heterocycles. The van der Waals surface area contributed by atoms with Crippen molar-refractivity contribution in [2.24, 2.45) is 0 Å². The first-order valence-corrected chi connectivity index (χ1v) is 14.1. The fourth-order valence-electron chi connectivity index (χ4n) is 1.05. The zero-order valence-corrected chi connectivity index (χ0v) is 30.7. The maximum Gasteiger partial charge on any atom is 1.00 e. The van der Waals surface area contributed by atoms with Crippen LogP contribution < -0.4 is 0 Å². The molecule has 0 heterocycles. The normalized spacial score (nSPS) is 9.85. The second kappa shape index (κ2) is 36.0. The van der Waals surface area contributed by atoms with Crippen molar-refractivity contribution in [1.82, 2.24) is 0 Å². The molecule has 0 aliphatic carbocycles. The smallest absolute Gasteiger partial charge is 0.394 e. The lowest BCUT2D eigenvalue weighted by Crippen LogP contribution is -2.26. The molecule has 0 amide bonds. The highest BCUT2D eigenvalue weighted by Crippen LogP contribution is 2.09. The van der Waals surface area contributed by atoms with Gasteiger partial charge in [0.1, 0.15) is 0 Å². The van der Waals surface area contributed by atoms with E-state index in [1.165, 1.54) is 23.0 Å². The number of allylic oxidation sites excluding steroid dienone is 2. The highest BCUT2D eigenvalue weighted by Gasteiger charge is 2.12. The molecule has 0 unspecified atom stereocenters. The second-order valence-corrected chi connectivity index (χ2v) is 13.5. The van der Waals surface area contributed by atoms with Gasteiger partial charge in [-0.05, 0) is 90.0 Å². The Morgan fingerprint density at radius 1 is 0.500 bits per heavy atom. The molecule has 0 fully saturated rings. The van der Waals surface area contributed by atoms with Crippen molar-refractivity contribution < 1.29 is 32.4 Å². The molecule has 0 atom stereocenters. The van der Waals surface area contributed by atoms with Crippen molar-refractivity contribution in [3.8, 4) is 0 Å². The van der Waals surface area contributed by atoms with Gasteiger partial charge in [0, 0.05) is 0 Å². The van der Waals surface area contributed by atoms with Gasteiger partial charge in [-0.3, -0.25) is 0 Å². The first kappa shape index (κ1) is 55.0. The van der Waals surface area contributed by atoms with Gasteiger partial charge >= 0.3 is 2.85 Å². The molecular formula is C34H78O6+4. The van der Waals surface area contributed by atoms with Crippen LogP contribution >= 0.6 is 0 Å². The minimum absolute atomic E-state index is 0. The predicted molar refractivity (Wildman–Crippen MR) is 182 cm³/mol. The molecule has 0 aromatic heterocycles. The summed E-state index contributed by atoms with van der Waals surface area (Å²) in [5.74, 6) is 2.83. The van der Waals surface area contributed by atoms with Gasteiger partial charge in [0.25, 0.3) is 0 Å². The Morgan fingerprint density at radius 3 is 0.725 bits per heavy atom. The van der Waals surface area contributed by atoms with E-state index < -0.39 is 0 Å². The standard InChI is InChI=1S/C10H22O2.C6H14O2.2C4H9.2C4H8.C2H6O2/c1-9(2,3)11-7-8-12-10(4,5)6;1-6(2,3)8-5-4-7;4*1-4(2)3;3-1-2-4/h7-8H2,1-6H3;7H,4-5H2,1-3H3;2*1-3H3;2*1H2,2-3H3;3-4H,1-2H2/q;;2*+1;;;/p+2. The monoisotopic (exact) mass is 583 g/mol. The summed E-state index contributed by atoms with van der Waals surface area (Å²) < 4.78 is 16.1. The van der Waals surface area contributed by atoms with E-state index in [2.05, 4.69) is 54.7 Å². The molecule has 0 radical (unpaired) electrons. The minimum atomic E-state index is -0.125. The molecule has 6 heteroatoms. The van der Waals surface area contributed by atoms with Crippen molar-refractivity contribution in [3.63, 3.8) is 0 Å². The zero-order chi connectivity index (χ0) is 34.2. The van der Waals surface area contributed by atoms with E-state index in [4.69, 9.17) is 29.5 Å². The van der Waals surface area contributed by atoms with Gasteiger partial charge in [0.2, 0.25) is 0 Å². The Hall–Kier alpha value is -1.02. The molecule has 246 valence electrons. The summed E-state index contributed by atoms with van der Waals surface area (Å²) in [6, 6.07) is 0. The number of hydrogen-bond donors (Lipinski definition) is 3. The Balaban J connectivity index is -0.0000000456. The Morgan fingerprint density at radius 2 is 0.650 bits per heavy atom. The Kier molecular flexibility index (Phi) is 49.5. The van der Waals surface area contributed by atoms with Crippen molar-refractivity contribution in [3.05, 3.63) is 36.1 Å². The van der Waals surface area contributed by atoms with E-state index in [1.807, 2.05) is 90.0 Å². The van der Waals surface area contributed by atoms with Crippen LogP contribution in [0.5, 0.6) is 0 Å². The van der Waals surface area contributed by atoms with E-state index in [0.717, 1.165) is 0 Å². The fourth-order valence-corrected chi connectivity index (χ4v) is 1.05. The van der Waals surface area contributed by atoms with E-state index in [1.54, 1.807) is 0 Å². The molecular weight excluding hydrogens is 504 g/mol. The molecule has 0 aromatic carbocycles. The van der Waals surface area contributed by atoms with Crippen molar-refractivity contribution in [2.45, 2.75) is 148 Å². The third-order valence-electron chi connectivity index (χ3n) is 1.88. The van der Waals surface area contributed by atoms with E-state index in [9.17, 15) is 0 Å². The molecule has 0 aromatic rings. The SMILES string of the molecule is C=C(C)C.C=C(C)C.CC(C)(C)OCCO.CC(C)(C)OCCOC(C)(C)C.C[C+](C)C.C[C+](C)C.OCCO.[H+].[H+]. The largest absolute Gasteiger partial charge is 1.00 e. The van der Waals surface area contributed by atoms with Crippen LogP contribution in [0.3, 0.4) is 0 Å². The third kappa shape index (κ3) is 245. The van der Waals surface area contributed by atoms with Crippen LogP contribution in [0.2, 0.25) is 0 Å². The van der Waals surface area contributed by atoms with Crippen molar-refractivity contribution in [1.29, 1.82) is 0 Å². The van der Waals surface area contributed by atoms with Crippen LogP contribution in [0.1, 0.15) is 134 Å². The summed E-state index contributed by atoms with van der Waals surface area (Å²) >= 11 is 0. The van der Waals surface area contributed by atoms with E-state index >= 15 is 0 Å². The van der Waals surface area contributed by atoms with Gasteiger partial charge in [0.05, 0.1) is 110 Å². The van der Waals surface area contributed by atoms with Gasteiger partial charge in [-0.25, -0.2) is 0 Å². The van der Waals surface area contributed by atoms with Crippen molar-refractivity contribution >= 4 is 0 Å². The predicted octanol–water partition coefficient (Wildman–Crippen LogP) is 9.01. The Labute approximate surface area is 256 Å². The topological polar surface area (TPSA) is 88.4 Å². The number of aliphatic hydroxyl groups excluding tert-OH is 3. The van der Waals surface area contributed by atoms with E-state index in [0.29, 0.717) is 19.8 Å². The molecule has 40 heavy (non-hydrogen) atoms. The van der Waals surface area contributed by atoms with Crippen LogP contribution in [0.25, 0.3) is 0 Å². The maximum absolute atomic E-state index is 8.30. The molecule has 0 spiro atoms. The molecule has 0 saturated carbocycles. The number of ether oxygens (including phenoxy) is 3. The van der Waals surface area contributed by atoms with Crippen LogP contribution in [-0.4, -0.2) is 71.8 Å². The summed E-state index contributed by atoms with van der Waals surface area (Å²) in [6.45, 7) is 47.3. The molecule has 3 N–H and O–H groups in total. The average Bonchev–Trinajstić information content (AvgIpc) is 2.67. The van der Waals surface area contributed by atoms with Crippen LogP contribution in [-0.2, 0) is 14.2 Å². The van der Waals surface area contributed by atoms with Crippen LogP contribution in [0.15, 0.2) is 24.3 Å². The van der Waals surface area contributed by atoms with Crippen LogP contribution in [0.4, 0.5) is 0 Å². The highest BCUT2D eigenvalue weighted by molar-refractivity contribution is 4.79. The summed E-state index contributed by atoms with van der Waals surface area (Å²) in [7, 11) is 0. The van der Waals surface area contributed by atoms with Gasteiger partial charge < -0.3 is 29.5 Å².